The fourth-order valence-corrected chi connectivity index (χ4v) is 1.96. The molecule has 19 heavy (non-hydrogen) atoms. The van der Waals surface area contributed by atoms with Crippen molar-refractivity contribution in [2.24, 2.45) is 0 Å². The van der Waals surface area contributed by atoms with Crippen LogP contribution in [0.5, 0.6) is 0 Å². The molecule has 0 saturated carbocycles. The van der Waals surface area contributed by atoms with Gasteiger partial charge in [0.2, 0.25) is 0 Å². The molecule has 0 amide bonds. The molecular weight excluding hydrogens is 238 g/mol. The number of aromatic nitrogens is 3. The Morgan fingerprint density at radius 3 is 2.53 bits per heavy atom. The molecule has 2 aromatic rings. The molecule has 2 heterocycles. The molecule has 0 bridgehead atoms. The molecule has 2 rings (SSSR count). The summed E-state index contributed by atoms with van der Waals surface area (Å²) in [5.41, 5.74) is 8.08. The third-order valence-corrected chi connectivity index (χ3v) is 3.12. The van der Waals surface area contributed by atoms with E-state index in [0.717, 1.165) is 24.3 Å². The van der Waals surface area contributed by atoms with Gasteiger partial charge in [0.05, 0.1) is 0 Å². The van der Waals surface area contributed by atoms with Crippen molar-refractivity contribution in [2.75, 3.05) is 24.2 Å². The van der Waals surface area contributed by atoms with Crippen LogP contribution in [0.1, 0.15) is 17.0 Å². The molecule has 5 nitrogen and oxygen atoms in total. The quantitative estimate of drug-likeness (QED) is 0.903. The lowest BCUT2D eigenvalue weighted by Crippen LogP contribution is -2.23. The van der Waals surface area contributed by atoms with Gasteiger partial charge in [-0.1, -0.05) is 0 Å². The summed E-state index contributed by atoms with van der Waals surface area (Å²) in [5, 5.41) is 0. The zero-order valence-corrected chi connectivity index (χ0v) is 11.6. The number of hydrogen-bond acceptors (Lipinski definition) is 5. The van der Waals surface area contributed by atoms with E-state index < -0.39 is 0 Å². The maximum absolute atomic E-state index is 5.88. The van der Waals surface area contributed by atoms with Crippen LogP contribution in [-0.2, 0) is 6.42 Å². The lowest BCUT2D eigenvalue weighted by molar-refractivity contribution is 0.842. The second kappa shape index (κ2) is 5.65. The first-order chi connectivity index (χ1) is 9.08. The van der Waals surface area contributed by atoms with Gasteiger partial charge in [0.15, 0.2) is 0 Å². The largest absolute Gasteiger partial charge is 0.383 e. The summed E-state index contributed by atoms with van der Waals surface area (Å²) in [6, 6.07) is 4.06. The van der Waals surface area contributed by atoms with Gasteiger partial charge in [-0.05, 0) is 38.0 Å². The lowest BCUT2D eigenvalue weighted by atomic mass is 10.2. The molecule has 0 fully saturated rings. The van der Waals surface area contributed by atoms with Gasteiger partial charge in [-0.2, -0.15) is 0 Å². The number of pyridine rings is 1. The third-order valence-electron chi connectivity index (χ3n) is 3.12. The number of anilines is 2. The van der Waals surface area contributed by atoms with E-state index in [2.05, 4.69) is 19.9 Å². The van der Waals surface area contributed by atoms with Crippen LogP contribution in [0.25, 0.3) is 0 Å². The first-order valence-corrected chi connectivity index (χ1v) is 6.28. The minimum atomic E-state index is 0.554. The van der Waals surface area contributed by atoms with Crippen molar-refractivity contribution in [1.29, 1.82) is 0 Å². The Hall–Kier alpha value is -2.17. The van der Waals surface area contributed by atoms with Crippen molar-refractivity contribution in [3.63, 3.8) is 0 Å². The summed E-state index contributed by atoms with van der Waals surface area (Å²) < 4.78 is 0. The van der Waals surface area contributed by atoms with Gasteiger partial charge in [0, 0.05) is 31.5 Å². The van der Waals surface area contributed by atoms with Crippen molar-refractivity contribution >= 4 is 11.6 Å². The van der Waals surface area contributed by atoms with E-state index in [1.807, 2.05) is 45.4 Å². The molecule has 2 N–H and O–H groups in total. The molecule has 5 heteroatoms. The third kappa shape index (κ3) is 3.19. The highest BCUT2D eigenvalue weighted by molar-refractivity contribution is 5.56. The maximum atomic E-state index is 5.88. The van der Waals surface area contributed by atoms with Crippen LogP contribution in [0.3, 0.4) is 0 Å². The van der Waals surface area contributed by atoms with Crippen LogP contribution in [0.4, 0.5) is 11.6 Å². The molecule has 0 aliphatic carbocycles. The monoisotopic (exact) mass is 257 g/mol. The number of nitrogens with two attached hydrogens (primary N) is 1. The van der Waals surface area contributed by atoms with E-state index in [-0.39, 0.29) is 0 Å². The van der Waals surface area contributed by atoms with E-state index in [1.165, 1.54) is 5.56 Å². The molecule has 0 aliphatic heterocycles. The fourth-order valence-electron chi connectivity index (χ4n) is 1.96. The fraction of sp³-hybridized carbons (Fsp3) is 0.357. The van der Waals surface area contributed by atoms with E-state index in [4.69, 9.17) is 5.73 Å². The second-order valence-electron chi connectivity index (χ2n) is 4.63. The highest BCUT2D eigenvalue weighted by Gasteiger charge is 2.10. The van der Waals surface area contributed by atoms with Crippen LogP contribution >= 0.6 is 0 Å². The van der Waals surface area contributed by atoms with Gasteiger partial charge in [-0.3, -0.25) is 4.98 Å². The van der Waals surface area contributed by atoms with E-state index in [0.29, 0.717) is 11.6 Å². The molecule has 0 aliphatic rings. The predicted octanol–water partition coefficient (Wildman–Crippen LogP) is 1.75. The van der Waals surface area contributed by atoms with E-state index in [9.17, 15) is 0 Å². The summed E-state index contributed by atoms with van der Waals surface area (Å²) in [6.07, 6.45) is 4.57. The Morgan fingerprint density at radius 2 is 1.84 bits per heavy atom. The Balaban J connectivity index is 2.10. The van der Waals surface area contributed by atoms with Gasteiger partial charge in [0.1, 0.15) is 17.5 Å². The van der Waals surface area contributed by atoms with Crippen molar-refractivity contribution in [1.82, 2.24) is 15.0 Å². The number of aryl methyl sites for hydroxylation is 1. The number of hydrogen-bond donors (Lipinski definition) is 1. The molecular formula is C14H19N5. The van der Waals surface area contributed by atoms with Crippen LogP contribution in [0, 0.1) is 13.8 Å². The van der Waals surface area contributed by atoms with Crippen LogP contribution in [0.2, 0.25) is 0 Å². The smallest absolute Gasteiger partial charge is 0.137 e. The Morgan fingerprint density at radius 1 is 1.16 bits per heavy atom. The second-order valence-corrected chi connectivity index (χ2v) is 4.63. The van der Waals surface area contributed by atoms with Gasteiger partial charge >= 0.3 is 0 Å². The summed E-state index contributed by atoms with van der Waals surface area (Å²) in [4.78, 5) is 14.8. The number of nitrogen functional groups attached to an aromatic ring is 1. The number of likely N-dealkylation sites (N-methyl/N-ethyl adjacent to an activating group) is 1. The van der Waals surface area contributed by atoms with Crippen molar-refractivity contribution in [3.05, 3.63) is 41.5 Å². The molecule has 0 unspecified atom stereocenters. The normalized spacial score (nSPS) is 10.5. The molecule has 100 valence electrons. The van der Waals surface area contributed by atoms with Crippen LogP contribution in [-0.4, -0.2) is 28.5 Å². The summed E-state index contributed by atoms with van der Waals surface area (Å²) >= 11 is 0. The first-order valence-electron chi connectivity index (χ1n) is 6.28. The summed E-state index contributed by atoms with van der Waals surface area (Å²) in [5.74, 6) is 2.16. The zero-order valence-electron chi connectivity index (χ0n) is 11.6. The van der Waals surface area contributed by atoms with Gasteiger partial charge in [-0.25, -0.2) is 9.97 Å². The van der Waals surface area contributed by atoms with Gasteiger partial charge in [-0.15, -0.1) is 0 Å². The first kappa shape index (κ1) is 13.3. The van der Waals surface area contributed by atoms with Gasteiger partial charge in [0.25, 0.3) is 0 Å². The SMILES string of the molecule is Cc1nc(N)c(C)c(N(C)CCc2ccncc2)n1. The lowest BCUT2D eigenvalue weighted by Gasteiger charge is -2.21. The minimum Gasteiger partial charge on any atom is -0.383 e. The molecule has 0 spiro atoms. The number of nitrogens with zero attached hydrogens (tertiary/aromatic N) is 4. The van der Waals surface area contributed by atoms with Crippen molar-refractivity contribution in [3.8, 4) is 0 Å². The van der Waals surface area contributed by atoms with Crippen LogP contribution in [0.15, 0.2) is 24.5 Å². The topological polar surface area (TPSA) is 67.9 Å². The van der Waals surface area contributed by atoms with Crippen molar-refractivity contribution in [2.45, 2.75) is 20.3 Å². The predicted molar refractivity (Wildman–Crippen MR) is 77.1 cm³/mol. The average molecular weight is 257 g/mol. The van der Waals surface area contributed by atoms with E-state index >= 15 is 0 Å². The molecule has 0 radical (unpaired) electrons. The molecule has 0 saturated heterocycles. The molecule has 2 aromatic heterocycles. The highest BCUT2D eigenvalue weighted by atomic mass is 15.2. The summed E-state index contributed by atoms with van der Waals surface area (Å²) in [6.45, 7) is 4.68. The van der Waals surface area contributed by atoms with E-state index in [1.54, 1.807) is 0 Å². The highest BCUT2D eigenvalue weighted by Crippen LogP contribution is 2.20. The Kier molecular flexibility index (Phi) is 3.94. The Bertz CT molecular complexity index is 553. The molecule has 0 aromatic carbocycles. The van der Waals surface area contributed by atoms with Crippen molar-refractivity contribution < 1.29 is 0 Å². The Labute approximate surface area is 113 Å². The minimum absolute atomic E-state index is 0.554. The standard InChI is InChI=1S/C14H19N5/c1-10-13(15)17-11(2)18-14(10)19(3)9-6-12-4-7-16-8-5-12/h4-5,7-8H,6,9H2,1-3H3,(H2,15,17,18). The zero-order chi connectivity index (χ0) is 13.8. The maximum Gasteiger partial charge on any atom is 0.137 e. The number of rotatable bonds is 4. The molecule has 0 atom stereocenters. The average Bonchev–Trinajstić information content (AvgIpc) is 2.41. The summed E-state index contributed by atoms with van der Waals surface area (Å²) in [7, 11) is 2.02. The van der Waals surface area contributed by atoms with Gasteiger partial charge < -0.3 is 10.6 Å². The van der Waals surface area contributed by atoms with Crippen LogP contribution < -0.4 is 10.6 Å².